The Morgan fingerprint density at radius 3 is 2.54 bits per heavy atom. The molecule has 136 valence electrons. The van der Waals surface area contributed by atoms with Crippen molar-refractivity contribution < 1.29 is 9.21 Å². The molecule has 1 atom stereocenters. The Labute approximate surface area is 153 Å². The fourth-order valence-corrected chi connectivity index (χ4v) is 3.23. The van der Waals surface area contributed by atoms with E-state index in [0.29, 0.717) is 17.3 Å². The predicted molar refractivity (Wildman–Crippen MR) is 99.6 cm³/mol. The zero-order valence-corrected chi connectivity index (χ0v) is 15.8. The van der Waals surface area contributed by atoms with Crippen LogP contribution in [0.5, 0.6) is 0 Å². The summed E-state index contributed by atoms with van der Waals surface area (Å²) in [5.74, 6) is 1.12. The van der Waals surface area contributed by atoms with E-state index in [0.717, 1.165) is 22.5 Å². The molecule has 0 radical (unpaired) electrons. The molecule has 0 spiro atoms. The fraction of sp³-hybridized carbons (Fsp3) is 0.350. The molecule has 1 unspecified atom stereocenters. The third kappa shape index (κ3) is 3.54. The number of rotatable bonds is 5. The molecule has 1 amide bonds. The number of amides is 1. The number of hydrogen-bond donors (Lipinski definition) is 1. The van der Waals surface area contributed by atoms with Gasteiger partial charge in [-0.25, -0.2) is 4.98 Å². The second kappa shape index (κ2) is 7.15. The minimum Gasteiger partial charge on any atom is -0.441 e. The third-order valence-corrected chi connectivity index (χ3v) is 4.62. The topological polar surface area (TPSA) is 73.0 Å². The highest BCUT2D eigenvalue weighted by Gasteiger charge is 2.20. The highest BCUT2D eigenvalue weighted by Crippen LogP contribution is 2.23. The van der Waals surface area contributed by atoms with E-state index >= 15 is 0 Å². The van der Waals surface area contributed by atoms with Crippen molar-refractivity contribution in [3.63, 3.8) is 0 Å². The molecule has 1 aromatic carbocycles. The zero-order chi connectivity index (χ0) is 18.8. The summed E-state index contributed by atoms with van der Waals surface area (Å²) in [4.78, 5) is 17.0. The van der Waals surface area contributed by atoms with Gasteiger partial charge in [-0.3, -0.25) is 9.48 Å². The summed E-state index contributed by atoms with van der Waals surface area (Å²) >= 11 is 0. The Morgan fingerprint density at radius 1 is 1.23 bits per heavy atom. The van der Waals surface area contributed by atoms with Gasteiger partial charge < -0.3 is 9.73 Å². The van der Waals surface area contributed by atoms with Crippen molar-refractivity contribution in [2.45, 2.75) is 40.2 Å². The van der Waals surface area contributed by atoms with Crippen LogP contribution in [0.3, 0.4) is 0 Å². The molecule has 0 aliphatic carbocycles. The summed E-state index contributed by atoms with van der Waals surface area (Å²) in [5, 5.41) is 7.45. The summed E-state index contributed by atoms with van der Waals surface area (Å²) < 4.78 is 7.56. The summed E-state index contributed by atoms with van der Waals surface area (Å²) in [5.41, 5.74) is 4.61. The molecule has 6 heteroatoms. The zero-order valence-electron chi connectivity index (χ0n) is 15.8. The van der Waals surface area contributed by atoms with Gasteiger partial charge in [0.1, 0.15) is 5.76 Å². The second-order valence-electron chi connectivity index (χ2n) is 6.56. The van der Waals surface area contributed by atoms with Crippen LogP contribution in [0.15, 0.2) is 34.7 Å². The summed E-state index contributed by atoms with van der Waals surface area (Å²) in [6.07, 6.45) is 0.185. The molecule has 26 heavy (non-hydrogen) atoms. The van der Waals surface area contributed by atoms with Gasteiger partial charge in [-0.15, -0.1) is 0 Å². The van der Waals surface area contributed by atoms with Gasteiger partial charge in [0.15, 0.2) is 0 Å². The maximum atomic E-state index is 12.5. The highest BCUT2D eigenvalue weighted by atomic mass is 16.4. The average Bonchev–Trinajstić information content (AvgIpc) is 3.08. The Kier molecular flexibility index (Phi) is 4.93. The first-order valence-electron chi connectivity index (χ1n) is 8.68. The van der Waals surface area contributed by atoms with Crippen LogP contribution < -0.4 is 5.32 Å². The van der Waals surface area contributed by atoms with Crippen molar-refractivity contribution in [1.29, 1.82) is 0 Å². The lowest BCUT2D eigenvalue weighted by Gasteiger charge is -2.14. The van der Waals surface area contributed by atoms with Crippen molar-refractivity contribution in [3.05, 3.63) is 58.7 Å². The van der Waals surface area contributed by atoms with Crippen LogP contribution in [0.1, 0.15) is 41.4 Å². The molecule has 0 saturated heterocycles. The van der Waals surface area contributed by atoms with Crippen LogP contribution in [-0.2, 0) is 18.3 Å². The van der Waals surface area contributed by atoms with Crippen molar-refractivity contribution in [1.82, 2.24) is 20.1 Å². The van der Waals surface area contributed by atoms with Gasteiger partial charge in [0.25, 0.3) is 0 Å². The van der Waals surface area contributed by atoms with Gasteiger partial charge in [0.2, 0.25) is 11.8 Å². The SMILES string of the molecule is Cc1nn(C)c(C)c1C(C)NC(=O)Cc1nc(-c2ccccc2)oc1C. The van der Waals surface area contributed by atoms with Crippen LogP contribution in [0, 0.1) is 20.8 Å². The number of nitrogens with one attached hydrogen (secondary N) is 1. The van der Waals surface area contributed by atoms with Gasteiger partial charge >= 0.3 is 0 Å². The van der Waals surface area contributed by atoms with Gasteiger partial charge in [0, 0.05) is 23.9 Å². The number of oxazole rings is 1. The molecule has 3 rings (SSSR count). The van der Waals surface area contributed by atoms with Crippen LogP contribution >= 0.6 is 0 Å². The first-order valence-corrected chi connectivity index (χ1v) is 8.68. The minimum atomic E-state index is -0.114. The van der Waals surface area contributed by atoms with E-state index in [1.54, 1.807) is 0 Å². The Morgan fingerprint density at radius 2 is 1.92 bits per heavy atom. The number of aromatic nitrogens is 3. The van der Waals surface area contributed by atoms with Gasteiger partial charge in [0.05, 0.1) is 23.9 Å². The van der Waals surface area contributed by atoms with Crippen molar-refractivity contribution in [3.8, 4) is 11.5 Å². The number of nitrogens with zero attached hydrogens (tertiary/aromatic N) is 3. The number of carbonyl (C=O) groups excluding carboxylic acids is 1. The number of aryl methyl sites for hydroxylation is 3. The van der Waals surface area contributed by atoms with Crippen molar-refractivity contribution >= 4 is 5.91 Å². The molecular weight excluding hydrogens is 328 g/mol. The van der Waals surface area contributed by atoms with E-state index in [1.165, 1.54) is 0 Å². The lowest BCUT2D eigenvalue weighted by atomic mass is 10.1. The lowest BCUT2D eigenvalue weighted by Crippen LogP contribution is -2.29. The minimum absolute atomic E-state index is 0.0869. The first kappa shape index (κ1) is 17.9. The first-order chi connectivity index (χ1) is 12.4. The largest absolute Gasteiger partial charge is 0.441 e. The summed E-state index contributed by atoms with van der Waals surface area (Å²) in [6.45, 7) is 7.77. The molecular formula is C20H24N4O2. The molecule has 0 aliphatic rings. The molecule has 3 aromatic rings. The Bertz CT molecular complexity index is 925. The number of benzene rings is 1. The predicted octanol–water partition coefficient (Wildman–Crippen LogP) is 3.42. The Hall–Kier alpha value is -2.89. The molecule has 2 heterocycles. The van der Waals surface area contributed by atoms with E-state index in [4.69, 9.17) is 4.42 Å². The molecule has 0 fully saturated rings. The standard InChI is InChI=1S/C20H24N4O2/c1-12(19-13(2)23-24(5)14(19)3)21-18(25)11-17-15(4)26-20(22-17)16-9-7-6-8-10-16/h6-10,12H,11H2,1-5H3,(H,21,25). The van der Waals surface area contributed by atoms with Crippen LogP contribution in [0.25, 0.3) is 11.5 Å². The van der Waals surface area contributed by atoms with E-state index in [1.807, 2.05) is 69.8 Å². The summed E-state index contributed by atoms with van der Waals surface area (Å²) in [6, 6.07) is 9.56. The molecule has 0 aliphatic heterocycles. The molecule has 2 aromatic heterocycles. The second-order valence-corrected chi connectivity index (χ2v) is 6.56. The van der Waals surface area contributed by atoms with Crippen LogP contribution in [0.2, 0.25) is 0 Å². The highest BCUT2D eigenvalue weighted by molar-refractivity contribution is 5.79. The third-order valence-electron chi connectivity index (χ3n) is 4.62. The van der Waals surface area contributed by atoms with E-state index in [2.05, 4.69) is 15.4 Å². The van der Waals surface area contributed by atoms with Gasteiger partial charge in [-0.2, -0.15) is 5.10 Å². The van der Waals surface area contributed by atoms with Gasteiger partial charge in [-0.1, -0.05) is 18.2 Å². The van der Waals surface area contributed by atoms with E-state index in [9.17, 15) is 4.79 Å². The lowest BCUT2D eigenvalue weighted by molar-refractivity contribution is -0.121. The van der Waals surface area contributed by atoms with Crippen molar-refractivity contribution in [2.24, 2.45) is 7.05 Å². The average molecular weight is 352 g/mol. The molecule has 1 N–H and O–H groups in total. The van der Waals surface area contributed by atoms with Crippen molar-refractivity contribution in [2.75, 3.05) is 0 Å². The maximum absolute atomic E-state index is 12.5. The monoisotopic (exact) mass is 352 g/mol. The van der Waals surface area contributed by atoms with Gasteiger partial charge in [-0.05, 0) is 39.8 Å². The van der Waals surface area contributed by atoms with E-state index < -0.39 is 0 Å². The number of carbonyl (C=O) groups is 1. The smallest absolute Gasteiger partial charge is 0.226 e. The normalized spacial score (nSPS) is 12.2. The van der Waals surface area contributed by atoms with Crippen LogP contribution in [-0.4, -0.2) is 20.7 Å². The summed E-state index contributed by atoms with van der Waals surface area (Å²) in [7, 11) is 1.91. The molecule has 6 nitrogen and oxygen atoms in total. The fourth-order valence-electron chi connectivity index (χ4n) is 3.23. The van der Waals surface area contributed by atoms with Crippen LogP contribution in [0.4, 0.5) is 0 Å². The molecule has 0 saturated carbocycles. The quantitative estimate of drug-likeness (QED) is 0.764. The molecule has 0 bridgehead atoms. The maximum Gasteiger partial charge on any atom is 0.226 e. The number of hydrogen-bond acceptors (Lipinski definition) is 4. The Balaban J connectivity index is 1.71. The van der Waals surface area contributed by atoms with E-state index in [-0.39, 0.29) is 18.4 Å².